The molecule has 18 heavy (non-hydrogen) atoms. The van der Waals surface area contributed by atoms with Crippen molar-refractivity contribution in [3.05, 3.63) is 24.3 Å². The monoisotopic (exact) mass is 245 g/mol. The van der Waals surface area contributed by atoms with E-state index < -0.39 is 11.5 Å². The highest BCUT2D eigenvalue weighted by atomic mass is 16.3. The van der Waals surface area contributed by atoms with Crippen molar-refractivity contribution in [2.45, 2.75) is 45.1 Å². The van der Waals surface area contributed by atoms with E-state index in [4.69, 9.17) is 0 Å². The minimum Gasteiger partial charge on any atom is -0.385 e. The molecule has 0 amide bonds. The van der Waals surface area contributed by atoms with Crippen molar-refractivity contribution in [3.8, 4) is 6.07 Å². The van der Waals surface area contributed by atoms with E-state index in [1.54, 1.807) is 12.3 Å². The van der Waals surface area contributed by atoms with Crippen molar-refractivity contribution < 1.29 is 5.11 Å². The molecule has 0 aliphatic heterocycles. The van der Waals surface area contributed by atoms with Crippen molar-refractivity contribution in [3.63, 3.8) is 0 Å². The highest BCUT2D eigenvalue weighted by molar-refractivity contribution is 5.15. The summed E-state index contributed by atoms with van der Waals surface area (Å²) in [6.07, 6.45) is 6.93. The fourth-order valence-corrected chi connectivity index (χ4v) is 2.79. The molecule has 0 saturated heterocycles. The van der Waals surface area contributed by atoms with E-state index in [9.17, 15) is 10.4 Å². The Labute approximate surface area is 108 Å². The molecule has 1 atom stereocenters. The van der Waals surface area contributed by atoms with Gasteiger partial charge in [-0.25, -0.2) is 9.97 Å². The van der Waals surface area contributed by atoms with Gasteiger partial charge in [-0.3, -0.25) is 0 Å². The third-order valence-corrected chi connectivity index (χ3v) is 4.21. The smallest absolute Gasteiger partial charge is 0.115 e. The minimum atomic E-state index is -0.802. The Bertz CT molecular complexity index is 418. The van der Waals surface area contributed by atoms with Crippen LogP contribution in [-0.2, 0) is 0 Å². The first-order valence-electron chi connectivity index (χ1n) is 6.57. The van der Waals surface area contributed by atoms with Crippen LogP contribution in [-0.4, -0.2) is 15.1 Å². The fourth-order valence-electron chi connectivity index (χ4n) is 2.79. The van der Waals surface area contributed by atoms with Crippen LogP contribution in [0.25, 0.3) is 0 Å². The van der Waals surface area contributed by atoms with E-state index in [1.165, 1.54) is 6.33 Å². The Morgan fingerprint density at radius 3 is 2.78 bits per heavy atom. The van der Waals surface area contributed by atoms with E-state index in [0.717, 1.165) is 32.1 Å². The fraction of sp³-hybridized carbons (Fsp3) is 0.643. The average molecular weight is 245 g/mol. The first-order valence-corrected chi connectivity index (χ1v) is 6.57. The lowest BCUT2D eigenvalue weighted by atomic mass is 9.67. The number of aliphatic hydroxyl groups excluding tert-OH is 1. The molecule has 4 nitrogen and oxygen atoms in total. The third kappa shape index (κ3) is 2.37. The average Bonchev–Trinajstić information content (AvgIpc) is 2.47. The van der Waals surface area contributed by atoms with Crippen molar-refractivity contribution in [2.75, 3.05) is 0 Å². The molecule has 0 aromatic carbocycles. The van der Waals surface area contributed by atoms with Crippen LogP contribution in [0.4, 0.5) is 0 Å². The van der Waals surface area contributed by atoms with Gasteiger partial charge in [0.05, 0.1) is 17.2 Å². The van der Waals surface area contributed by atoms with Gasteiger partial charge in [0.25, 0.3) is 0 Å². The second-order valence-electron chi connectivity index (χ2n) is 5.16. The quantitative estimate of drug-likeness (QED) is 0.888. The molecule has 1 fully saturated rings. The van der Waals surface area contributed by atoms with Gasteiger partial charge in [0.15, 0.2) is 0 Å². The highest BCUT2D eigenvalue weighted by Gasteiger charge is 2.42. The maximum Gasteiger partial charge on any atom is 0.115 e. The summed E-state index contributed by atoms with van der Waals surface area (Å²) in [5, 5.41) is 19.9. The topological polar surface area (TPSA) is 69.8 Å². The van der Waals surface area contributed by atoms with Gasteiger partial charge in [0.1, 0.15) is 12.4 Å². The summed E-state index contributed by atoms with van der Waals surface area (Å²) in [5.41, 5.74) is -0.110. The molecule has 1 aromatic heterocycles. The van der Waals surface area contributed by atoms with Crippen molar-refractivity contribution >= 4 is 0 Å². The zero-order chi connectivity index (χ0) is 13.0. The molecule has 1 aliphatic rings. The third-order valence-electron chi connectivity index (χ3n) is 4.21. The Hall–Kier alpha value is -1.47. The first kappa shape index (κ1) is 13.0. The molecule has 1 unspecified atom stereocenters. The van der Waals surface area contributed by atoms with Crippen LogP contribution in [0, 0.1) is 22.7 Å². The second kappa shape index (κ2) is 5.45. The van der Waals surface area contributed by atoms with E-state index in [2.05, 4.69) is 23.0 Å². The summed E-state index contributed by atoms with van der Waals surface area (Å²) in [6.45, 7) is 2.19. The molecule has 0 spiro atoms. The SMILES string of the molecule is CCC1CCC(C#N)(C(O)c2ccncn2)CC1. The zero-order valence-corrected chi connectivity index (χ0v) is 10.7. The maximum absolute atomic E-state index is 10.4. The lowest BCUT2D eigenvalue weighted by Crippen LogP contribution is -2.32. The van der Waals surface area contributed by atoms with Crippen LogP contribution < -0.4 is 0 Å². The highest BCUT2D eigenvalue weighted by Crippen LogP contribution is 2.47. The van der Waals surface area contributed by atoms with Crippen LogP contribution in [0.1, 0.15) is 50.8 Å². The number of rotatable bonds is 3. The minimum absolute atomic E-state index is 0.557. The Morgan fingerprint density at radius 1 is 1.56 bits per heavy atom. The first-order chi connectivity index (χ1) is 8.72. The molecule has 1 aliphatic carbocycles. The van der Waals surface area contributed by atoms with E-state index >= 15 is 0 Å². The van der Waals surface area contributed by atoms with E-state index in [-0.39, 0.29) is 0 Å². The van der Waals surface area contributed by atoms with Gasteiger partial charge >= 0.3 is 0 Å². The molecule has 96 valence electrons. The number of hydrogen-bond acceptors (Lipinski definition) is 4. The Morgan fingerprint density at radius 2 is 2.28 bits per heavy atom. The van der Waals surface area contributed by atoms with Gasteiger partial charge in [-0.05, 0) is 37.7 Å². The molecule has 1 N–H and O–H groups in total. The van der Waals surface area contributed by atoms with Gasteiger partial charge < -0.3 is 5.11 Å². The lowest BCUT2D eigenvalue weighted by molar-refractivity contribution is 0.0212. The molecule has 1 heterocycles. The summed E-state index contributed by atoms with van der Waals surface area (Å²) in [6, 6.07) is 4.04. The van der Waals surface area contributed by atoms with Crippen molar-refractivity contribution in [1.29, 1.82) is 5.26 Å². The zero-order valence-electron chi connectivity index (χ0n) is 10.7. The second-order valence-corrected chi connectivity index (χ2v) is 5.16. The summed E-state index contributed by atoms with van der Waals surface area (Å²) >= 11 is 0. The molecule has 2 rings (SSSR count). The van der Waals surface area contributed by atoms with Crippen LogP contribution in [0.5, 0.6) is 0 Å². The molecule has 0 bridgehead atoms. The number of aromatic nitrogens is 2. The normalized spacial score (nSPS) is 29.5. The summed E-state index contributed by atoms with van der Waals surface area (Å²) in [5.74, 6) is 0.698. The van der Waals surface area contributed by atoms with Crippen LogP contribution >= 0.6 is 0 Å². The van der Waals surface area contributed by atoms with Gasteiger partial charge in [-0.2, -0.15) is 5.26 Å². The standard InChI is InChI=1S/C14H19N3O/c1-2-11-3-6-14(9-15,7-4-11)13(18)12-5-8-16-10-17-12/h5,8,10-11,13,18H,2-4,6-7H2,1H3. The van der Waals surface area contributed by atoms with E-state index in [0.29, 0.717) is 11.6 Å². The lowest BCUT2D eigenvalue weighted by Gasteiger charge is -2.37. The van der Waals surface area contributed by atoms with Crippen LogP contribution in [0.3, 0.4) is 0 Å². The summed E-state index contributed by atoms with van der Waals surface area (Å²) in [4.78, 5) is 7.92. The molecular weight excluding hydrogens is 226 g/mol. The largest absolute Gasteiger partial charge is 0.385 e. The Balaban J connectivity index is 2.17. The number of aliphatic hydroxyl groups is 1. The molecule has 4 heteroatoms. The van der Waals surface area contributed by atoms with Gasteiger partial charge in [0, 0.05) is 6.20 Å². The predicted octanol–water partition coefficient (Wildman–Crippen LogP) is 2.62. The molecular formula is C14H19N3O. The molecule has 1 aromatic rings. The van der Waals surface area contributed by atoms with E-state index in [1.807, 2.05) is 0 Å². The number of nitrogens with zero attached hydrogens (tertiary/aromatic N) is 3. The van der Waals surface area contributed by atoms with Gasteiger partial charge in [-0.15, -0.1) is 0 Å². The number of nitriles is 1. The summed E-state index contributed by atoms with van der Waals surface area (Å²) < 4.78 is 0. The summed E-state index contributed by atoms with van der Waals surface area (Å²) in [7, 11) is 0. The van der Waals surface area contributed by atoms with Crippen LogP contribution in [0.2, 0.25) is 0 Å². The predicted molar refractivity (Wildman–Crippen MR) is 67.3 cm³/mol. The van der Waals surface area contributed by atoms with Crippen molar-refractivity contribution in [1.82, 2.24) is 9.97 Å². The van der Waals surface area contributed by atoms with Crippen LogP contribution in [0.15, 0.2) is 18.6 Å². The van der Waals surface area contributed by atoms with Gasteiger partial charge in [0.2, 0.25) is 0 Å². The molecule has 1 saturated carbocycles. The maximum atomic E-state index is 10.4. The van der Waals surface area contributed by atoms with Gasteiger partial charge in [-0.1, -0.05) is 13.3 Å². The van der Waals surface area contributed by atoms with Crippen molar-refractivity contribution in [2.24, 2.45) is 11.3 Å². The molecule has 0 radical (unpaired) electrons. The Kier molecular flexibility index (Phi) is 3.93. The number of hydrogen-bond donors (Lipinski definition) is 1.